The molecule has 0 atom stereocenters. The summed E-state index contributed by atoms with van der Waals surface area (Å²) in [5.74, 6) is 0.875. The fourth-order valence-corrected chi connectivity index (χ4v) is 2.49. The zero-order valence-electron chi connectivity index (χ0n) is 12.8. The smallest absolute Gasteiger partial charge is 0.132 e. The maximum atomic E-state index is 6.12. The van der Waals surface area contributed by atoms with E-state index in [9.17, 15) is 0 Å². The van der Waals surface area contributed by atoms with Gasteiger partial charge in [0.05, 0.1) is 0 Å². The van der Waals surface area contributed by atoms with E-state index in [0.717, 1.165) is 28.0 Å². The van der Waals surface area contributed by atoms with Crippen LogP contribution in [-0.4, -0.2) is 0 Å². The standard InChI is InChI=1S/C20H19NO.ClH/c21-14-18-12-7-13-19(17-10-5-2-6-11-17)20(18)22-15-16-8-3-1-4-9-16;/h1-13H,14-15,21H2;1H. The number of benzene rings is 3. The SMILES string of the molecule is Cl.NCc1cccc(-c2ccccc2)c1OCc1ccccc1. The van der Waals surface area contributed by atoms with Crippen molar-refractivity contribution in [2.75, 3.05) is 0 Å². The third-order valence-electron chi connectivity index (χ3n) is 3.63. The average molecular weight is 326 g/mol. The summed E-state index contributed by atoms with van der Waals surface area (Å²) < 4.78 is 6.12. The van der Waals surface area contributed by atoms with Gasteiger partial charge < -0.3 is 10.5 Å². The van der Waals surface area contributed by atoms with Gasteiger partial charge >= 0.3 is 0 Å². The molecule has 0 fully saturated rings. The first-order valence-electron chi connectivity index (χ1n) is 7.42. The Kier molecular flexibility index (Phi) is 6.21. The van der Waals surface area contributed by atoms with Gasteiger partial charge in [0.15, 0.2) is 0 Å². The maximum absolute atomic E-state index is 6.12. The van der Waals surface area contributed by atoms with Gasteiger partial charge in [-0.1, -0.05) is 78.9 Å². The first kappa shape index (κ1) is 17.1. The normalized spacial score (nSPS) is 9.96. The summed E-state index contributed by atoms with van der Waals surface area (Å²) in [5.41, 5.74) is 10.3. The van der Waals surface area contributed by atoms with E-state index in [4.69, 9.17) is 10.5 Å². The number of hydrogen-bond acceptors (Lipinski definition) is 2. The molecule has 0 amide bonds. The van der Waals surface area contributed by atoms with E-state index < -0.39 is 0 Å². The second-order valence-electron chi connectivity index (χ2n) is 5.14. The highest BCUT2D eigenvalue weighted by atomic mass is 35.5. The summed E-state index contributed by atoms with van der Waals surface area (Å²) in [6, 6.07) is 26.6. The van der Waals surface area contributed by atoms with Gasteiger partial charge in [-0.3, -0.25) is 0 Å². The Hall–Kier alpha value is -2.29. The molecule has 3 heteroatoms. The molecular weight excluding hydrogens is 306 g/mol. The van der Waals surface area contributed by atoms with Crippen molar-refractivity contribution in [2.24, 2.45) is 5.73 Å². The minimum atomic E-state index is 0. The minimum Gasteiger partial charge on any atom is -0.488 e. The lowest BCUT2D eigenvalue weighted by Gasteiger charge is -2.15. The molecule has 3 aromatic carbocycles. The van der Waals surface area contributed by atoms with Crippen LogP contribution in [-0.2, 0) is 13.2 Å². The first-order valence-corrected chi connectivity index (χ1v) is 7.42. The largest absolute Gasteiger partial charge is 0.488 e. The number of para-hydroxylation sites is 1. The Labute approximate surface area is 143 Å². The molecule has 0 unspecified atom stereocenters. The third kappa shape index (κ3) is 4.13. The van der Waals surface area contributed by atoms with Crippen molar-refractivity contribution in [1.82, 2.24) is 0 Å². The Balaban J connectivity index is 0.00000192. The van der Waals surface area contributed by atoms with Gasteiger partial charge in [-0.05, 0) is 11.1 Å². The molecule has 0 radical (unpaired) electrons. The van der Waals surface area contributed by atoms with Crippen molar-refractivity contribution in [3.05, 3.63) is 90.0 Å². The van der Waals surface area contributed by atoms with Gasteiger partial charge in [0.2, 0.25) is 0 Å². The van der Waals surface area contributed by atoms with Gasteiger partial charge in [0, 0.05) is 17.7 Å². The van der Waals surface area contributed by atoms with Crippen molar-refractivity contribution < 1.29 is 4.74 Å². The molecule has 3 rings (SSSR count). The summed E-state index contributed by atoms with van der Waals surface area (Å²) in [6.07, 6.45) is 0. The van der Waals surface area contributed by atoms with Crippen molar-refractivity contribution in [3.8, 4) is 16.9 Å². The molecule has 0 heterocycles. The average Bonchev–Trinajstić information content (AvgIpc) is 2.61. The van der Waals surface area contributed by atoms with E-state index in [1.54, 1.807) is 0 Å². The Bertz CT molecular complexity index is 729. The van der Waals surface area contributed by atoms with Crippen LogP contribution >= 0.6 is 12.4 Å². The monoisotopic (exact) mass is 325 g/mol. The van der Waals surface area contributed by atoms with Crippen LogP contribution in [0.3, 0.4) is 0 Å². The highest BCUT2D eigenvalue weighted by Gasteiger charge is 2.10. The second kappa shape index (κ2) is 8.37. The lowest BCUT2D eigenvalue weighted by atomic mass is 10.0. The van der Waals surface area contributed by atoms with Gasteiger partial charge in [-0.15, -0.1) is 12.4 Å². The summed E-state index contributed by atoms with van der Waals surface area (Å²) in [5, 5.41) is 0. The van der Waals surface area contributed by atoms with E-state index in [2.05, 4.69) is 30.3 Å². The molecular formula is C20H20ClNO. The molecule has 0 bridgehead atoms. The summed E-state index contributed by atoms with van der Waals surface area (Å²) >= 11 is 0. The zero-order chi connectivity index (χ0) is 15.2. The van der Waals surface area contributed by atoms with E-state index >= 15 is 0 Å². The highest BCUT2D eigenvalue weighted by Crippen LogP contribution is 2.33. The molecule has 118 valence electrons. The van der Waals surface area contributed by atoms with E-state index in [0.29, 0.717) is 13.2 Å². The second-order valence-corrected chi connectivity index (χ2v) is 5.14. The summed E-state index contributed by atoms with van der Waals surface area (Å²) in [7, 11) is 0. The highest BCUT2D eigenvalue weighted by molar-refractivity contribution is 5.85. The van der Waals surface area contributed by atoms with Crippen LogP contribution in [0.25, 0.3) is 11.1 Å². The van der Waals surface area contributed by atoms with Gasteiger partial charge in [0.25, 0.3) is 0 Å². The number of hydrogen-bond donors (Lipinski definition) is 1. The van der Waals surface area contributed by atoms with Crippen molar-refractivity contribution in [2.45, 2.75) is 13.2 Å². The van der Waals surface area contributed by atoms with Crippen LogP contribution in [0.15, 0.2) is 78.9 Å². The zero-order valence-corrected chi connectivity index (χ0v) is 13.6. The lowest BCUT2D eigenvalue weighted by molar-refractivity contribution is 0.304. The number of ether oxygens (including phenoxy) is 1. The van der Waals surface area contributed by atoms with Crippen molar-refractivity contribution in [1.29, 1.82) is 0 Å². The van der Waals surface area contributed by atoms with E-state index in [1.807, 2.05) is 48.5 Å². The number of rotatable bonds is 5. The molecule has 0 saturated carbocycles. The van der Waals surface area contributed by atoms with Crippen LogP contribution in [0, 0.1) is 0 Å². The molecule has 2 nitrogen and oxygen atoms in total. The minimum absolute atomic E-state index is 0. The summed E-state index contributed by atoms with van der Waals surface area (Å²) in [6.45, 7) is 1.00. The van der Waals surface area contributed by atoms with Crippen molar-refractivity contribution >= 4 is 12.4 Å². The van der Waals surface area contributed by atoms with Gasteiger partial charge in [-0.2, -0.15) is 0 Å². The maximum Gasteiger partial charge on any atom is 0.132 e. The Morgan fingerprint density at radius 2 is 1.39 bits per heavy atom. The summed E-state index contributed by atoms with van der Waals surface area (Å²) in [4.78, 5) is 0. The molecule has 0 saturated heterocycles. The molecule has 2 N–H and O–H groups in total. The molecule has 3 aromatic rings. The van der Waals surface area contributed by atoms with Crippen molar-refractivity contribution in [3.63, 3.8) is 0 Å². The fraction of sp³-hybridized carbons (Fsp3) is 0.100. The Morgan fingerprint density at radius 1 is 0.739 bits per heavy atom. The lowest BCUT2D eigenvalue weighted by Crippen LogP contribution is -2.04. The van der Waals surface area contributed by atoms with Crippen LogP contribution in [0.2, 0.25) is 0 Å². The van der Waals surface area contributed by atoms with Crippen LogP contribution in [0.1, 0.15) is 11.1 Å². The van der Waals surface area contributed by atoms with Crippen LogP contribution < -0.4 is 10.5 Å². The number of halogens is 1. The van der Waals surface area contributed by atoms with E-state index in [1.165, 1.54) is 0 Å². The molecule has 23 heavy (non-hydrogen) atoms. The molecule has 0 aliphatic rings. The first-order chi connectivity index (χ1) is 10.9. The third-order valence-corrected chi connectivity index (χ3v) is 3.63. The predicted molar refractivity (Wildman–Crippen MR) is 97.8 cm³/mol. The molecule has 0 aliphatic carbocycles. The molecule has 0 spiro atoms. The topological polar surface area (TPSA) is 35.2 Å². The van der Waals surface area contributed by atoms with Gasteiger partial charge in [0.1, 0.15) is 12.4 Å². The Morgan fingerprint density at radius 3 is 2.04 bits per heavy atom. The van der Waals surface area contributed by atoms with E-state index in [-0.39, 0.29) is 12.4 Å². The van der Waals surface area contributed by atoms with Crippen LogP contribution in [0.5, 0.6) is 5.75 Å². The molecule has 0 aromatic heterocycles. The number of nitrogens with two attached hydrogens (primary N) is 1. The molecule has 0 aliphatic heterocycles. The fourth-order valence-electron chi connectivity index (χ4n) is 2.49. The van der Waals surface area contributed by atoms with Gasteiger partial charge in [-0.25, -0.2) is 0 Å². The quantitative estimate of drug-likeness (QED) is 0.730. The predicted octanol–water partition coefficient (Wildman–Crippen LogP) is 4.81. The van der Waals surface area contributed by atoms with Crippen LogP contribution in [0.4, 0.5) is 0 Å².